The van der Waals surface area contributed by atoms with Crippen molar-refractivity contribution in [3.63, 3.8) is 0 Å². The normalized spacial score (nSPS) is 21.4. The molecule has 22 heavy (non-hydrogen) atoms. The van der Waals surface area contributed by atoms with Gasteiger partial charge in [0.1, 0.15) is 5.82 Å². The van der Waals surface area contributed by atoms with Crippen LogP contribution in [0.2, 0.25) is 0 Å². The summed E-state index contributed by atoms with van der Waals surface area (Å²) in [6.45, 7) is 3.70. The van der Waals surface area contributed by atoms with E-state index in [-0.39, 0.29) is 5.91 Å². The first-order valence-electron chi connectivity index (χ1n) is 8.11. The molecule has 2 rings (SSSR count). The van der Waals surface area contributed by atoms with Gasteiger partial charge in [0.05, 0.1) is 18.3 Å². The Labute approximate surface area is 133 Å². The number of carbonyl (C=O) groups excluding carboxylic acids is 1. The Bertz CT molecular complexity index is 473. The van der Waals surface area contributed by atoms with E-state index < -0.39 is 0 Å². The van der Waals surface area contributed by atoms with Crippen molar-refractivity contribution in [3.8, 4) is 0 Å². The molecule has 1 heterocycles. The second kappa shape index (κ2) is 8.13. The summed E-state index contributed by atoms with van der Waals surface area (Å²) in [5, 5.41) is 3.23. The quantitative estimate of drug-likeness (QED) is 0.821. The lowest BCUT2D eigenvalue weighted by molar-refractivity contribution is 0.000372. The van der Waals surface area contributed by atoms with Gasteiger partial charge in [-0.2, -0.15) is 0 Å². The number of nitrogens with one attached hydrogen (secondary N) is 1. The van der Waals surface area contributed by atoms with E-state index >= 15 is 0 Å². The molecule has 0 radical (unpaired) electrons. The van der Waals surface area contributed by atoms with Crippen LogP contribution in [0.15, 0.2) is 18.3 Å². The van der Waals surface area contributed by atoms with E-state index in [1.807, 2.05) is 6.07 Å². The lowest BCUT2D eigenvalue weighted by Gasteiger charge is -2.28. The van der Waals surface area contributed by atoms with E-state index in [0.29, 0.717) is 24.2 Å². The fourth-order valence-electron chi connectivity index (χ4n) is 2.80. The minimum atomic E-state index is -0.0336. The first kappa shape index (κ1) is 16.7. The van der Waals surface area contributed by atoms with Gasteiger partial charge in [0.15, 0.2) is 0 Å². The molecule has 122 valence electrons. The van der Waals surface area contributed by atoms with Crippen molar-refractivity contribution < 1.29 is 9.53 Å². The molecular formula is C17H27N3O2. The van der Waals surface area contributed by atoms with Crippen molar-refractivity contribution in [2.45, 2.75) is 38.7 Å². The van der Waals surface area contributed by atoms with E-state index in [1.54, 1.807) is 31.3 Å². The number of aromatic nitrogens is 1. The molecule has 1 saturated carbocycles. The van der Waals surface area contributed by atoms with Crippen LogP contribution in [0.25, 0.3) is 0 Å². The summed E-state index contributed by atoms with van der Waals surface area (Å²) >= 11 is 0. The average molecular weight is 305 g/mol. The maximum Gasteiger partial charge on any atom is 0.254 e. The largest absolute Gasteiger partial charge is 0.376 e. The van der Waals surface area contributed by atoms with Crippen molar-refractivity contribution >= 4 is 11.7 Å². The number of pyridine rings is 1. The Morgan fingerprint density at radius 3 is 2.77 bits per heavy atom. The highest BCUT2D eigenvalue weighted by Crippen LogP contribution is 2.26. The summed E-state index contributed by atoms with van der Waals surface area (Å²) in [5.41, 5.74) is 0.600. The Kier molecular flexibility index (Phi) is 6.19. The third kappa shape index (κ3) is 4.70. The molecule has 1 fully saturated rings. The molecule has 1 aliphatic rings. The van der Waals surface area contributed by atoms with E-state index in [4.69, 9.17) is 4.74 Å². The zero-order chi connectivity index (χ0) is 15.9. The minimum Gasteiger partial charge on any atom is -0.376 e. The summed E-state index contributed by atoms with van der Waals surface area (Å²) in [4.78, 5) is 17.6. The number of hydrogen-bond acceptors (Lipinski definition) is 4. The Morgan fingerprint density at radius 1 is 1.36 bits per heavy atom. The predicted octanol–water partition coefficient (Wildman–Crippen LogP) is 2.79. The standard InChI is InChI=1S/C17H27N3O2/c1-13-6-4-5-7-15(13)22-11-10-18-16-9-8-14(12-19-16)17(21)20(2)3/h8-9,12-13,15H,4-7,10-11H2,1-3H3,(H,18,19)/t13-,15-/m0/s1. The van der Waals surface area contributed by atoms with Gasteiger partial charge >= 0.3 is 0 Å². The molecule has 0 aromatic carbocycles. The van der Waals surface area contributed by atoms with Crippen LogP contribution in [0.5, 0.6) is 0 Å². The van der Waals surface area contributed by atoms with Crippen LogP contribution in [0.3, 0.4) is 0 Å². The summed E-state index contributed by atoms with van der Waals surface area (Å²) in [6, 6.07) is 3.63. The van der Waals surface area contributed by atoms with E-state index in [9.17, 15) is 4.79 Å². The van der Waals surface area contributed by atoms with Gasteiger partial charge < -0.3 is 15.0 Å². The van der Waals surface area contributed by atoms with Crippen LogP contribution in [0, 0.1) is 5.92 Å². The molecule has 1 amide bonds. The van der Waals surface area contributed by atoms with Crippen molar-refractivity contribution in [1.29, 1.82) is 0 Å². The van der Waals surface area contributed by atoms with Gasteiger partial charge in [0, 0.05) is 26.8 Å². The molecule has 5 nitrogen and oxygen atoms in total. The van der Waals surface area contributed by atoms with Crippen LogP contribution >= 0.6 is 0 Å². The molecular weight excluding hydrogens is 278 g/mol. The van der Waals surface area contributed by atoms with Crippen LogP contribution < -0.4 is 5.32 Å². The van der Waals surface area contributed by atoms with Gasteiger partial charge in [0.25, 0.3) is 5.91 Å². The fraction of sp³-hybridized carbons (Fsp3) is 0.647. The number of carbonyl (C=O) groups is 1. The summed E-state index contributed by atoms with van der Waals surface area (Å²) in [7, 11) is 3.47. The molecule has 1 aliphatic carbocycles. The van der Waals surface area contributed by atoms with Gasteiger partial charge in [0.2, 0.25) is 0 Å². The number of nitrogens with zero attached hydrogens (tertiary/aromatic N) is 2. The molecule has 1 N–H and O–H groups in total. The van der Waals surface area contributed by atoms with Crippen molar-refractivity contribution in [1.82, 2.24) is 9.88 Å². The highest BCUT2D eigenvalue weighted by atomic mass is 16.5. The summed E-state index contributed by atoms with van der Waals surface area (Å²) in [6.07, 6.45) is 7.09. The molecule has 1 aromatic rings. The van der Waals surface area contributed by atoms with Crippen LogP contribution in [-0.4, -0.2) is 49.1 Å². The first-order valence-corrected chi connectivity index (χ1v) is 8.11. The molecule has 0 saturated heterocycles. The second-order valence-electron chi connectivity index (χ2n) is 6.23. The second-order valence-corrected chi connectivity index (χ2v) is 6.23. The molecule has 0 aliphatic heterocycles. The lowest BCUT2D eigenvalue weighted by Crippen LogP contribution is -2.27. The van der Waals surface area contributed by atoms with Crippen LogP contribution in [0.1, 0.15) is 43.0 Å². The van der Waals surface area contributed by atoms with Crippen LogP contribution in [0.4, 0.5) is 5.82 Å². The molecule has 1 aromatic heterocycles. The van der Waals surface area contributed by atoms with E-state index in [2.05, 4.69) is 17.2 Å². The topological polar surface area (TPSA) is 54.5 Å². The van der Waals surface area contributed by atoms with Crippen molar-refractivity contribution in [2.24, 2.45) is 5.92 Å². The number of hydrogen-bond donors (Lipinski definition) is 1. The lowest BCUT2D eigenvalue weighted by atomic mass is 9.88. The molecule has 0 unspecified atom stereocenters. The maximum absolute atomic E-state index is 11.8. The zero-order valence-corrected chi connectivity index (χ0v) is 13.8. The van der Waals surface area contributed by atoms with Gasteiger partial charge in [-0.1, -0.05) is 19.8 Å². The third-order valence-electron chi connectivity index (χ3n) is 4.19. The predicted molar refractivity (Wildman–Crippen MR) is 88.1 cm³/mol. The summed E-state index contributed by atoms with van der Waals surface area (Å²) < 4.78 is 5.96. The molecule has 0 spiro atoms. The van der Waals surface area contributed by atoms with Gasteiger partial charge in [-0.25, -0.2) is 4.98 Å². The van der Waals surface area contributed by atoms with Gasteiger partial charge in [-0.05, 0) is 30.9 Å². The van der Waals surface area contributed by atoms with Gasteiger partial charge in [-0.15, -0.1) is 0 Å². The first-order chi connectivity index (χ1) is 10.6. The third-order valence-corrected chi connectivity index (χ3v) is 4.19. The Balaban J connectivity index is 1.72. The molecule has 5 heteroatoms. The van der Waals surface area contributed by atoms with Crippen LogP contribution in [-0.2, 0) is 4.74 Å². The Morgan fingerprint density at radius 2 is 2.14 bits per heavy atom. The molecule has 0 bridgehead atoms. The van der Waals surface area contributed by atoms with Gasteiger partial charge in [-0.3, -0.25) is 4.79 Å². The smallest absolute Gasteiger partial charge is 0.254 e. The average Bonchev–Trinajstić information content (AvgIpc) is 2.53. The maximum atomic E-state index is 11.8. The highest BCUT2D eigenvalue weighted by Gasteiger charge is 2.21. The number of ether oxygens (including phenoxy) is 1. The fourth-order valence-corrected chi connectivity index (χ4v) is 2.80. The number of anilines is 1. The van der Waals surface area contributed by atoms with Crippen molar-refractivity contribution in [2.75, 3.05) is 32.6 Å². The van der Waals surface area contributed by atoms with Crippen molar-refractivity contribution in [3.05, 3.63) is 23.9 Å². The van der Waals surface area contributed by atoms with E-state index in [0.717, 1.165) is 12.4 Å². The zero-order valence-electron chi connectivity index (χ0n) is 13.8. The van der Waals surface area contributed by atoms with E-state index in [1.165, 1.54) is 25.7 Å². The molecule has 2 atom stereocenters. The minimum absolute atomic E-state index is 0.0336. The summed E-state index contributed by atoms with van der Waals surface area (Å²) in [5.74, 6) is 1.41. The Hall–Kier alpha value is -1.62. The number of amides is 1. The SMILES string of the molecule is C[C@H]1CCCC[C@@H]1OCCNc1ccc(C(=O)N(C)C)cn1. The monoisotopic (exact) mass is 305 g/mol. The highest BCUT2D eigenvalue weighted by molar-refractivity contribution is 5.93. The number of rotatable bonds is 6.